The van der Waals surface area contributed by atoms with Crippen molar-refractivity contribution in [2.45, 2.75) is 59.1 Å². The molecule has 1 aromatic carbocycles. The van der Waals surface area contributed by atoms with Crippen molar-refractivity contribution in [2.75, 3.05) is 0 Å². The van der Waals surface area contributed by atoms with Gasteiger partial charge in [-0.3, -0.25) is 0 Å². The van der Waals surface area contributed by atoms with Crippen molar-refractivity contribution in [1.82, 2.24) is 5.32 Å². The fourth-order valence-electron chi connectivity index (χ4n) is 3.42. The van der Waals surface area contributed by atoms with Crippen molar-refractivity contribution in [3.63, 3.8) is 0 Å². The van der Waals surface area contributed by atoms with Crippen LogP contribution in [0.3, 0.4) is 0 Å². The summed E-state index contributed by atoms with van der Waals surface area (Å²) in [7, 11) is 0. The first-order chi connectivity index (χ1) is 10.5. The number of rotatable bonds is 4. The molecule has 0 bridgehead atoms. The Morgan fingerprint density at radius 2 is 1.86 bits per heavy atom. The predicted molar refractivity (Wildman–Crippen MR) is 89.6 cm³/mol. The minimum absolute atomic E-state index is 0.0350. The molecule has 1 aliphatic carbocycles. The first-order valence-electron chi connectivity index (χ1n) is 8.49. The van der Waals surface area contributed by atoms with E-state index in [4.69, 9.17) is 4.74 Å². The standard InChI is InChI=1S/C19H29NO2/c1-13(2)17-11-10-14(3)12-18(17)22-19(21)20-15(4)16-8-6-5-7-9-16/h5-9,13-15,17-18H,10-12H2,1-4H3,(H,20,21)/t14-,15?,17+,18-/m1/s1. The third kappa shape index (κ3) is 4.49. The van der Waals surface area contributed by atoms with E-state index in [1.807, 2.05) is 37.3 Å². The van der Waals surface area contributed by atoms with E-state index < -0.39 is 0 Å². The molecule has 3 heteroatoms. The van der Waals surface area contributed by atoms with Crippen LogP contribution in [0.25, 0.3) is 0 Å². The number of carbonyl (C=O) groups excluding carboxylic acids is 1. The summed E-state index contributed by atoms with van der Waals surface area (Å²) in [6.45, 7) is 8.68. The zero-order chi connectivity index (χ0) is 16.1. The molecule has 1 aliphatic rings. The van der Waals surface area contributed by atoms with Crippen LogP contribution in [0, 0.1) is 17.8 Å². The van der Waals surface area contributed by atoms with Crippen molar-refractivity contribution in [2.24, 2.45) is 17.8 Å². The highest BCUT2D eigenvalue weighted by Crippen LogP contribution is 2.35. The molecule has 22 heavy (non-hydrogen) atoms. The molecule has 0 heterocycles. The molecule has 1 N–H and O–H groups in total. The van der Waals surface area contributed by atoms with E-state index in [0.29, 0.717) is 17.8 Å². The second-order valence-corrected chi connectivity index (χ2v) is 7.05. The number of alkyl carbamates (subject to hydrolysis) is 1. The maximum Gasteiger partial charge on any atom is 0.407 e. The Kier molecular flexibility index (Phi) is 5.87. The van der Waals surface area contributed by atoms with Crippen molar-refractivity contribution in [1.29, 1.82) is 0 Å². The van der Waals surface area contributed by atoms with Crippen molar-refractivity contribution in [3.05, 3.63) is 35.9 Å². The van der Waals surface area contributed by atoms with Gasteiger partial charge in [0.15, 0.2) is 0 Å². The van der Waals surface area contributed by atoms with E-state index in [-0.39, 0.29) is 18.2 Å². The molecule has 1 amide bonds. The lowest BCUT2D eigenvalue weighted by molar-refractivity contribution is 0.00516. The third-order valence-corrected chi connectivity index (χ3v) is 4.85. The maximum absolute atomic E-state index is 12.2. The molecule has 1 aromatic rings. The predicted octanol–water partition coefficient (Wildman–Crippen LogP) is 4.93. The zero-order valence-corrected chi connectivity index (χ0v) is 14.2. The molecule has 1 fully saturated rings. The minimum atomic E-state index is -0.291. The molecule has 0 aromatic heterocycles. The first-order valence-corrected chi connectivity index (χ1v) is 8.49. The monoisotopic (exact) mass is 303 g/mol. The van der Waals surface area contributed by atoms with Crippen LogP contribution in [-0.2, 0) is 4.74 Å². The molecule has 0 saturated heterocycles. The Labute approximate surface area is 134 Å². The van der Waals surface area contributed by atoms with Gasteiger partial charge in [0.25, 0.3) is 0 Å². The van der Waals surface area contributed by atoms with Crippen LogP contribution >= 0.6 is 0 Å². The van der Waals surface area contributed by atoms with E-state index in [0.717, 1.165) is 18.4 Å². The summed E-state index contributed by atoms with van der Waals surface area (Å²) >= 11 is 0. The highest BCUT2D eigenvalue weighted by atomic mass is 16.6. The molecular formula is C19H29NO2. The molecule has 0 aliphatic heterocycles. The van der Waals surface area contributed by atoms with Crippen LogP contribution in [0.5, 0.6) is 0 Å². The van der Waals surface area contributed by atoms with Crippen LogP contribution in [0.4, 0.5) is 4.79 Å². The summed E-state index contributed by atoms with van der Waals surface area (Å²) in [6, 6.07) is 9.94. The Morgan fingerprint density at radius 1 is 1.18 bits per heavy atom. The van der Waals surface area contributed by atoms with Crippen LogP contribution in [0.2, 0.25) is 0 Å². The number of ether oxygens (including phenoxy) is 1. The van der Waals surface area contributed by atoms with Crippen molar-refractivity contribution in [3.8, 4) is 0 Å². The van der Waals surface area contributed by atoms with Crippen molar-refractivity contribution >= 4 is 6.09 Å². The molecule has 1 saturated carbocycles. The number of nitrogens with one attached hydrogen (secondary N) is 1. The largest absolute Gasteiger partial charge is 0.446 e. The van der Waals surface area contributed by atoms with Crippen LogP contribution in [-0.4, -0.2) is 12.2 Å². The van der Waals surface area contributed by atoms with Crippen molar-refractivity contribution < 1.29 is 9.53 Å². The summed E-state index contributed by atoms with van der Waals surface area (Å²) in [5.41, 5.74) is 1.09. The quantitative estimate of drug-likeness (QED) is 0.856. The maximum atomic E-state index is 12.2. The number of hydrogen-bond acceptors (Lipinski definition) is 2. The van der Waals surface area contributed by atoms with Crippen LogP contribution in [0.1, 0.15) is 58.6 Å². The average molecular weight is 303 g/mol. The molecule has 3 nitrogen and oxygen atoms in total. The van der Waals surface area contributed by atoms with Gasteiger partial charge in [-0.2, -0.15) is 0 Å². The fourth-order valence-corrected chi connectivity index (χ4v) is 3.42. The lowest BCUT2D eigenvalue weighted by Gasteiger charge is -2.36. The third-order valence-electron chi connectivity index (χ3n) is 4.85. The summed E-state index contributed by atoms with van der Waals surface area (Å²) < 4.78 is 5.78. The SMILES string of the molecule is CC(NC(=O)O[C@@H]1C[C@H](C)CC[C@H]1C(C)C)c1ccccc1. The topological polar surface area (TPSA) is 38.3 Å². The molecule has 0 spiro atoms. The highest BCUT2D eigenvalue weighted by Gasteiger charge is 2.33. The van der Waals surface area contributed by atoms with E-state index in [2.05, 4.69) is 26.1 Å². The average Bonchev–Trinajstić information content (AvgIpc) is 2.47. The molecule has 1 unspecified atom stereocenters. The van der Waals surface area contributed by atoms with E-state index >= 15 is 0 Å². The summed E-state index contributed by atoms with van der Waals surface area (Å²) in [5.74, 6) is 1.67. The van der Waals surface area contributed by atoms with Gasteiger partial charge in [0.05, 0.1) is 6.04 Å². The number of carbonyl (C=O) groups is 1. The Bertz CT molecular complexity index is 472. The lowest BCUT2D eigenvalue weighted by atomic mass is 9.75. The number of benzene rings is 1. The fraction of sp³-hybridized carbons (Fsp3) is 0.632. The zero-order valence-electron chi connectivity index (χ0n) is 14.2. The lowest BCUT2D eigenvalue weighted by Crippen LogP contribution is -2.39. The second kappa shape index (κ2) is 7.66. The molecule has 0 radical (unpaired) electrons. The van der Waals surface area contributed by atoms with Crippen LogP contribution < -0.4 is 5.32 Å². The number of amides is 1. The van der Waals surface area contributed by atoms with Crippen LogP contribution in [0.15, 0.2) is 30.3 Å². The highest BCUT2D eigenvalue weighted by molar-refractivity contribution is 5.68. The van der Waals surface area contributed by atoms with E-state index in [1.54, 1.807) is 0 Å². The molecular weight excluding hydrogens is 274 g/mol. The van der Waals surface area contributed by atoms with Gasteiger partial charge in [-0.05, 0) is 43.1 Å². The van der Waals surface area contributed by atoms with Gasteiger partial charge in [0.1, 0.15) is 6.10 Å². The molecule has 2 rings (SSSR count). The Hall–Kier alpha value is -1.51. The minimum Gasteiger partial charge on any atom is -0.446 e. The summed E-state index contributed by atoms with van der Waals surface area (Å²) in [4.78, 5) is 12.2. The van der Waals surface area contributed by atoms with Gasteiger partial charge in [-0.15, -0.1) is 0 Å². The van der Waals surface area contributed by atoms with E-state index in [9.17, 15) is 4.79 Å². The van der Waals surface area contributed by atoms with Gasteiger partial charge < -0.3 is 10.1 Å². The van der Waals surface area contributed by atoms with Gasteiger partial charge in [0, 0.05) is 0 Å². The smallest absolute Gasteiger partial charge is 0.407 e. The molecule has 122 valence electrons. The Balaban J connectivity index is 1.92. The normalized spacial score (nSPS) is 26.5. The number of hydrogen-bond donors (Lipinski definition) is 1. The van der Waals surface area contributed by atoms with Gasteiger partial charge >= 0.3 is 6.09 Å². The molecule has 4 atom stereocenters. The second-order valence-electron chi connectivity index (χ2n) is 7.05. The summed E-state index contributed by atoms with van der Waals surface area (Å²) in [5, 5.41) is 2.96. The first kappa shape index (κ1) is 16.9. The Morgan fingerprint density at radius 3 is 2.50 bits per heavy atom. The van der Waals surface area contributed by atoms with Gasteiger partial charge in [-0.25, -0.2) is 4.79 Å². The van der Waals surface area contributed by atoms with Gasteiger partial charge in [0.2, 0.25) is 0 Å². The van der Waals surface area contributed by atoms with Gasteiger partial charge in [-0.1, -0.05) is 57.5 Å². The summed E-state index contributed by atoms with van der Waals surface area (Å²) in [6.07, 6.45) is 3.14. The van der Waals surface area contributed by atoms with E-state index in [1.165, 1.54) is 6.42 Å².